The Hall–Kier alpha value is -1.73. The number of nitrogens with two attached hydrogens (primary N) is 1. The van der Waals surface area contributed by atoms with Gasteiger partial charge in [0.15, 0.2) is 5.13 Å². The number of thioether (sulfide) groups is 1. The van der Waals surface area contributed by atoms with E-state index in [0.717, 1.165) is 10.6 Å². The van der Waals surface area contributed by atoms with Crippen LogP contribution in [0.25, 0.3) is 0 Å². The molecule has 128 valence electrons. The van der Waals surface area contributed by atoms with Crippen molar-refractivity contribution < 1.29 is 4.79 Å². The second kappa shape index (κ2) is 7.66. The topological polar surface area (TPSA) is 68.0 Å². The number of carbonyl (C=O) groups is 1. The van der Waals surface area contributed by atoms with E-state index in [4.69, 9.17) is 28.9 Å². The predicted molar refractivity (Wildman–Crippen MR) is 108 cm³/mol. The molecule has 3 aromatic rings. The van der Waals surface area contributed by atoms with E-state index < -0.39 is 0 Å². The smallest absolute Gasteiger partial charge is 0.209 e. The molecule has 0 atom stereocenters. The van der Waals surface area contributed by atoms with E-state index in [1.54, 1.807) is 30.0 Å². The first kappa shape index (κ1) is 18.1. The van der Waals surface area contributed by atoms with E-state index in [2.05, 4.69) is 10.3 Å². The molecular formula is C17H13Cl2N3OS2. The fraction of sp³-hybridized carbons (Fsp3) is 0.0588. The monoisotopic (exact) mass is 409 g/mol. The molecule has 0 radical (unpaired) electrons. The van der Waals surface area contributed by atoms with Gasteiger partial charge in [0, 0.05) is 10.6 Å². The third-order valence-electron chi connectivity index (χ3n) is 3.39. The molecule has 1 heterocycles. The third kappa shape index (κ3) is 3.93. The van der Waals surface area contributed by atoms with Crippen LogP contribution < -0.4 is 11.1 Å². The highest BCUT2D eigenvalue weighted by Crippen LogP contribution is 2.34. The zero-order valence-corrected chi connectivity index (χ0v) is 16.2. The number of halogens is 2. The van der Waals surface area contributed by atoms with E-state index in [9.17, 15) is 4.79 Å². The molecule has 0 bridgehead atoms. The summed E-state index contributed by atoms with van der Waals surface area (Å²) in [4.78, 5) is 18.4. The molecule has 0 spiro atoms. The predicted octanol–water partition coefficient (Wildman–Crippen LogP) is 5.73. The Balaban J connectivity index is 1.88. The molecule has 2 aromatic carbocycles. The van der Waals surface area contributed by atoms with Gasteiger partial charge in [-0.3, -0.25) is 4.79 Å². The molecule has 0 aliphatic rings. The van der Waals surface area contributed by atoms with Gasteiger partial charge in [0.05, 0.1) is 15.6 Å². The van der Waals surface area contributed by atoms with Crippen LogP contribution >= 0.6 is 46.3 Å². The van der Waals surface area contributed by atoms with Crippen molar-refractivity contribution in [3.63, 3.8) is 0 Å². The molecule has 1 aromatic heterocycles. The van der Waals surface area contributed by atoms with Gasteiger partial charge in [-0.15, -0.1) is 11.8 Å². The summed E-state index contributed by atoms with van der Waals surface area (Å²) < 4.78 is 0. The number of rotatable bonds is 5. The number of aromatic nitrogens is 1. The Kier molecular flexibility index (Phi) is 5.54. The average Bonchev–Trinajstić information content (AvgIpc) is 2.95. The molecule has 0 fully saturated rings. The number of benzene rings is 2. The highest BCUT2D eigenvalue weighted by molar-refractivity contribution is 7.98. The SMILES string of the molecule is CSc1ccc(Nc2nc(N)c(C(=O)c3c(Cl)cccc3Cl)s2)cc1. The van der Waals surface area contributed by atoms with Crippen molar-refractivity contribution in [3.05, 3.63) is 63.0 Å². The van der Waals surface area contributed by atoms with Crippen LogP contribution in [0.15, 0.2) is 47.4 Å². The van der Waals surface area contributed by atoms with Gasteiger partial charge >= 0.3 is 0 Å². The zero-order chi connectivity index (χ0) is 18.0. The van der Waals surface area contributed by atoms with Crippen LogP contribution in [-0.2, 0) is 0 Å². The Bertz CT molecular complexity index is 906. The van der Waals surface area contributed by atoms with Crippen molar-refractivity contribution >= 4 is 68.7 Å². The van der Waals surface area contributed by atoms with Crippen molar-refractivity contribution in [2.75, 3.05) is 17.3 Å². The molecule has 0 amide bonds. The second-order valence-electron chi connectivity index (χ2n) is 5.01. The molecule has 0 unspecified atom stereocenters. The summed E-state index contributed by atoms with van der Waals surface area (Å²) in [6.07, 6.45) is 2.02. The van der Waals surface area contributed by atoms with Crippen LogP contribution in [0.4, 0.5) is 16.6 Å². The van der Waals surface area contributed by atoms with Crippen molar-refractivity contribution in [2.45, 2.75) is 4.90 Å². The Labute approximate surface area is 163 Å². The maximum Gasteiger partial charge on any atom is 0.209 e. The van der Waals surface area contributed by atoms with Crippen LogP contribution in [-0.4, -0.2) is 17.0 Å². The van der Waals surface area contributed by atoms with Gasteiger partial charge in [0.2, 0.25) is 5.78 Å². The highest BCUT2D eigenvalue weighted by atomic mass is 35.5. The number of hydrogen-bond acceptors (Lipinski definition) is 6. The van der Waals surface area contributed by atoms with Crippen LogP contribution in [0, 0.1) is 0 Å². The van der Waals surface area contributed by atoms with Gasteiger partial charge < -0.3 is 11.1 Å². The van der Waals surface area contributed by atoms with Crippen LogP contribution in [0.5, 0.6) is 0 Å². The maximum atomic E-state index is 12.7. The summed E-state index contributed by atoms with van der Waals surface area (Å²) in [5, 5.41) is 4.25. The molecular weight excluding hydrogens is 397 g/mol. The first-order chi connectivity index (χ1) is 12.0. The summed E-state index contributed by atoms with van der Waals surface area (Å²) in [7, 11) is 0. The van der Waals surface area contributed by atoms with Crippen LogP contribution in [0.3, 0.4) is 0 Å². The molecule has 3 rings (SSSR count). The fourth-order valence-electron chi connectivity index (χ4n) is 2.17. The molecule has 25 heavy (non-hydrogen) atoms. The summed E-state index contributed by atoms with van der Waals surface area (Å²) in [5.41, 5.74) is 7.02. The van der Waals surface area contributed by atoms with Crippen molar-refractivity contribution in [1.29, 1.82) is 0 Å². The number of nitrogens with zero attached hydrogens (tertiary/aromatic N) is 1. The second-order valence-corrected chi connectivity index (χ2v) is 7.71. The van der Waals surface area contributed by atoms with Crippen LogP contribution in [0.1, 0.15) is 15.2 Å². The minimum absolute atomic E-state index is 0.147. The van der Waals surface area contributed by atoms with E-state index in [1.165, 1.54) is 11.3 Å². The number of ketones is 1. The quantitative estimate of drug-likeness (QED) is 0.415. The zero-order valence-electron chi connectivity index (χ0n) is 13.0. The lowest BCUT2D eigenvalue weighted by Crippen LogP contribution is -2.04. The van der Waals surface area contributed by atoms with Gasteiger partial charge in [0.25, 0.3) is 0 Å². The highest BCUT2D eigenvalue weighted by Gasteiger charge is 2.22. The number of thiazole rings is 1. The van der Waals surface area contributed by atoms with Gasteiger partial charge in [-0.1, -0.05) is 40.6 Å². The minimum Gasteiger partial charge on any atom is -0.382 e. The molecule has 8 heteroatoms. The Morgan fingerprint density at radius 1 is 1.16 bits per heavy atom. The number of nitrogen functional groups attached to an aromatic ring is 1. The van der Waals surface area contributed by atoms with Crippen molar-refractivity contribution in [3.8, 4) is 0 Å². The molecule has 0 aliphatic carbocycles. The number of nitrogens with one attached hydrogen (secondary N) is 1. The largest absolute Gasteiger partial charge is 0.382 e. The van der Waals surface area contributed by atoms with Crippen molar-refractivity contribution in [1.82, 2.24) is 4.98 Å². The minimum atomic E-state index is -0.337. The van der Waals surface area contributed by atoms with E-state index in [0.29, 0.717) is 10.0 Å². The van der Waals surface area contributed by atoms with Gasteiger partial charge in [-0.05, 0) is 42.7 Å². The number of hydrogen-bond donors (Lipinski definition) is 2. The summed E-state index contributed by atoms with van der Waals surface area (Å²) in [6.45, 7) is 0. The van der Waals surface area contributed by atoms with Gasteiger partial charge in [0.1, 0.15) is 10.7 Å². The molecule has 3 N–H and O–H groups in total. The van der Waals surface area contributed by atoms with Crippen molar-refractivity contribution in [2.24, 2.45) is 0 Å². The Morgan fingerprint density at radius 2 is 1.80 bits per heavy atom. The molecule has 0 aliphatic heterocycles. The standard InChI is InChI=1S/C17H13Cl2N3OS2/c1-24-10-7-5-9(6-8-10)21-17-22-16(20)15(25-17)14(23)13-11(18)3-2-4-12(13)19/h2-8H,20H2,1H3,(H,21,22). The first-order valence-electron chi connectivity index (χ1n) is 7.15. The lowest BCUT2D eigenvalue weighted by atomic mass is 10.1. The van der Waals surface area contributed by atoms with Gasteiger partial charge in [-0.2, -0.15) is 0 Å². The number of carbonyl (C=O) groups excluding carboxylic acids is 1. The van der Waals surface area contributed by atoms with Gasteiger partial charge in [-0.25, -0.2) is 4.98 Å². The summed E-state index contributed by atoms with van der Waals surface area (Å²) in [5.74, 6) is -0.189. The maximum absolute atomic E-state index is 12.7. The summed E-state index contributed by atoms with van der Waals surface area (Å²) in [6, 6.07) is 12.8. The third-order valence-corrected chi connectivity index (χ3v) is 5.75. The number of anilines is 3. The molecule has 0 saturated heterocycles. The fourth-order valence-corrected chi connectivity index (χ4v) is 4.00. The lowest BCUT2D eigenvalue weighted by Gasteiger charge is -2.04. The van der Waals surface area contributed by atoms with Crippen LogP contribution in [0.2, 0.25) is 10.0 Å². The lowest BCUT2D eigenvalue weighted by molar-refractivity contribution is 0.104. The molecule has 0 saturated carbocycles. The Morgan fingerprint density at radius 3 is 2.40 bits per heavy atom. The first-order valence-corrected chi connectivity index (χ1v) is 9.95. The average molecular weight is 410 g/mol. The summed E-state index contributed by atoms with van der Waals surface area (Å²) >= 11 is 15.1. The van der Waals surface area contributed by atoms with E-state index in [-0.39, 0.29) is 27.2 Å². The van der Waals surface area contributed by atoms with E-state index in [1.807, 2.05) is 30.5 Å². The van der Waals surface area contributed by atoms with E-state index >= 15 is 0 Å². The molecule has 4 nitrogen and oxygen atoms in total. The normalized spacial score (nSPS) is 10.7.